The molecule has 0 spiro atoms. The summed E-state index contributed by atoms with van der Waals surface area (Å²) < 4.78 is 14.7. The molecule has 0 radical (unpaired) electrons. The number of aromatic nitrogens is 1. The van der Waals surface area contributed by atoms with Crippen LogP contribution in [-0.4, -0.2) is 16.2 Å². The number of carbonyl (C=O) groups is 1. The number of rotatable bonds is 4. The van der Waals surface area contributed by atoms with Gasteiger partial charge >= 0.3 is 0 Å². The molecule has 0 saturated heterocycles. The molecule has 0 bridgehead atoms. The lowest BCUT2D eigenvalue weighted by atomic mass is 10.2. The van der Waals surface area contributed by atoms with Gasteiger partial charge in [0.25, 0.3) is 5.56 Å². The molecule has 0 aliphatic carbocycles. The highest BCUT2D eigenvalue weighted by atomic mass is 35.5. The van der Waals surface area contributed by atoms with E-state index in [9.17, 15) is 14.0 Å². The Kier molecular flexibility index (Phi) is 5.55. The zero-order valence-corrected chi connectivity index (χ0v) is 15.9. The van der Waals surface area contributed by atoms with Crippen LogP contribution in [0.5, 0.6) is 0 Å². The van der Waals surface area contributed by atoms with Crippen molar-refractivity contribution in [2.45, 2.75) is 4.90 Å². The first-order chi connectivity index (χ1) is 12.3. The minimum absolute atomic E-state index is 0.0670. The molecule has 3 rings (SSSR count). The lowest BCUT2D eigenvalue weighted by Gasteiger charge is -2.10. The highest BCUT2D eigenvalue weighted by Crippen LogP contribution is 2.29. The summed E-state index contributed by atoms with van der Waals surface area (Å²) in [6.07, 6.45) is 0. The predicted octanol–water partition coefficient (Wildman–Crippen LogP) is 4.72. The molecule has 3 aromatic rings. The molecule has 26 heavy (non-hydrogen) atoms. The quantitative estimate of drug-likeness (QED) is 0.633. The Morgan fingerprint density at radius 3 is 2.69 bits per heavy atom. The van der Waals surface area contributed by atoms with Gasteiger partial charge in [-0.1, -0.05) is 23.2 Å². The molecular formula is C18H13Cl2FN2O2S. The zero-order valence-electron chi connectivity index (χ0n) is 13.6. The topological polar surface area (TPSA) is 51.1 Å². The molecule has 0 saturated carbocycles. The Morgan fingerprint density at radius 2 is 1.96 bits per heavy atom. The summed E-state index contributed by atoms with van der Waals surface area (Å²) >= 11 is 13.0. The van der Waals surface area contributed by atoms with Crippen molar-refractivity contribution in [3.8, 4) is 0 Å². The molecule has 134 valence electrons. The molecule has 2 aromatic carbocycles. The van der Waals surface area contributed by atoms with Gasteiger partial charge in [-0.25, -0.2) is 4.39 Å². The van der Waals surface area contributed by atoms with Crippen molar-refractivity contribution in [3.63, 3.8) is 0 Å². The summed E-state index contributed by atoms with van der Waals surface area (Å²) in [5.74, 6) is -0.778. The molecule has 0 aliphatic rings. The number of halogens is 3. The van der Waals surface area contributed by atoms with E-state index in [-0.39, 0.29) is 22.2 Å². The standard InChI is InChI=1S/C18H13Cl2FN2O2S/c1-23-15-5-2-10(19)6-12(15)16(8-18(23)25)26-9-17(24)22-11-3-4-14(21)13(20)7-11/h2-8H,9H2,1H3,(H,22,24). The number of thioether (sulfide) groups is 1. The summed E-state index contributed by atoms with van der Waals surface area (Å²) in [4.78, 5) is 24.9. The molecule has 0 aliphatic heterocycles. The van der Waals surface area contributed by atoms with Gasteiger partial charge in [-0.2, -0.15) is 0 Å². The van der Waals surface area contributed by atoms with Crippen LogP contribution in [0.15, 0.2) is 52.2 Å². The Morgan fingerprint density at radius 1 is 1.19 bits per heavy atom. The van der Waals surface area contributed by atoms with E-state index < -0.39 is 5.82 Å². The Hall–Kier alpha value is -2.02. The summed E-state index contributed by atoms with van der Waals surface area (Å²) in [5.41, 5.74) is 0.960. The van der Waals surface area contributed by atoms with Crippen LogP contribution in [-0.2, 0) is 11.8 Å². The fraction of sp³-hybridized carbons (Fsp3) is 0.111. The number of fused-ring (bicyclic) bond motifs is 1. The minimum atomic E-state index is -0.553. The molecule has 1 N–H and O–H groups in total. The van der Waals surface area contributed by atoms with Crippen LogP contribution < -0.4 is 10.9 Å². The Labute approximate surface area is 162 Å². The fourth-order valence-electron chi connectivity index (χ4n) is 2.44. The maximum atomic E-state index is 13.2. The average molecular weight is 411 g/mol. The molecule has 0 unspecified atom stereocenters. The fourth-order valence-corrected chi connectivity index (χ4v) is 3.65. The van der Waals surface area contributed by atoms with Crippen LogP contribution in [0, 0.1) is 5.82 Å². The summed E-state index contributed by atoms with van der Waals surface area (Å²) in [7, 11) is 1.68. The van der Waals surface area contributed by atoms with Gasteiger partial charge in [0.15, 0.2) is 0 Å². The second-order valence-electron chi connectivity index (χ2n) is 5.53. The molecule has 1 amide bonds. The first-order valence-electron chi connectivity index (χ1n) is 7.52. The number of anilines is 1. The van der Waals surface area contributed by atoms with E-state index in [1.54, 1.807) is 25.2 Å². The van der Waals surface area contributed by atoms with Crippen molar-refractivity contribution in [1.82, 2.24) is 4.57 Å². The van der Waals surface area contributed by atoms with Crippen LogP contribution in [0.3, 0.4) is 0 Å². The maximum absolute atomic E-state index is 13.2. The lowest BCUT2D eigenvalue weighted by molar-refractivity contribution is -0.113. The van der Waals surface area contributed by atoms with E-state index in [2.05, 4.69) is 5.32 Å². The molecule has 8 heteroatoms. The normalized spacial score (nSPS) is 10.9. The van der Waals surface area contributed by atoms with Gasteiger partial charge in [-0.05, 0) is 36.4 Å². The molecule has 1 heterocycles. The highest BCUT2D eigenvalue weighted by Gasteiger charge is 2.11. The number of hydrogen-bond donors (Lipinski definition) is 1. The van der Waals surface area contributed by atoms with Crippen molar-refractivity contribution in [2.24, 2.45) is 7.05 Å². The number of hydrogen-bond acceptors (Lipinski definition) is 3. The van der Waals surface area contributed by atoms with E-state index in [4.69, 9.17) is 23.2 Å². The first kappa shape index (κ1) is 18.8. The number of carbonyl (C=O) groups excluding carboxylic acids is 1. The summed E-state index contributed by atoms with van der Waals surface area (Å²) in [6, 6.07) is 10.7. The van der Waals surface area contributed by atoms with Crippen LogP contribution in [0.2, 0.25) is 10.0 Å². The number of benzene rings is 2. The summed E-state index contributed by atoms with van der Waals surface area (Å²) in [5, 5.41) is 3.92. The number of nitrogens with one attached hydrogen (secondary N) is 1. The molecule has 4 nitrogen and oxygen atoms in total. The highest BCUT2D eigenvalue weighted by molar-refractivity contribution is 8.00. The second-order valence-corrected chi connectivity index (χ2v) is 7.39. The number of aryl methyl sites for hydroxylation is 1. The third-order valence-corrected chi connectivity index (χ3v) is 5.31. The van der Waals surface area contributed by atoms with Gasteiger partial charge in [0, 0.05) is 34.1 Å². The van der Waals surface area contributed by atoms with E-state index >= 15 is 0 Å². The van der Waals surface area contributed by atoms with Gasteiger partial charge in [0.05, 0.1) is 16.3 Å². The number of amides is 1. The molecular weight excluding hydrogens is 398 g/mol. The zero-order chi connectivity index (χ0) is 18.8. The predicted molar refractivity (Wildman–Crippen MR) is 105 cm³/mol. The third kappa shape index (κ3) is 4.03. The lowest BCUT2D eigenvalue weighted by Crippen LogP contribution is -2.17. The number of nitrogens with zero attached hydrogens (tertiary/aromatic N) is 1. The van der Waals surface area contributed by atoms with Crippen molar-refractivity contribution in [2.75, 3.05) is 11.1 Å². The van der Waals surface area contributed by atoms with E-state index in [1.807, 2.05) is 0 Å². The SMILES string of the molecule is Cn1c(=O)cc(SCC(=O)Nc2ccc(F)c(Cl)c2)c2cc(Cl)ccc21. The van der Waals surface area contributed by atoms with Crippen molar-refractivity contribution >= 4 is 57.5 Å². The van der Waals surface area contributed by atoms with Gasteiger partial charge in [-0.3, -0.25) is 9.59 Å². The van der Waals surface area contributed by atoms with Gasteiger partial charge in [0.1, 0.15) is 5.82 Å². The Bertz CT molecular complexity index is 1070. The van der Waals surface area contributed by atoms with Crippen molar-refractivity contribution in [1.29, 1.82) is 0 Å². The first-order valence-corrected chi connectivity index (χ1v) is 9.26. The maximum Gasteiger partial charge on any atom is 0.251 e. The van der Waals surface area contributed by atoms with E-state index in [0.717, 1.165) is 10.9 Å². The van der Waals surface area contributed by atoms with Crippen molar-refractivity contribution in [3.05, 3.63) is 68.7 Å². The number of pyridine rings is 1. The largest absolute Gasteiger partial charge is 0.325 e. The van der Waals surface area contributed by atoms with Gasteiger partial charge in [0.2, 0.25) is 5.91 Å². The monoisotopic (exact) mass is 410 g/mol. The van der Waals surface area contributed by atoms with Gasteiger partial charge < -0.3 is 9.88 Å². The van der Waals surface area contributed by atoms with Crippen LogP contribution >= 0.6 is 35.0 Å². The summed E-state index contributed by atoms with van der Waals surface area (Å²) in [6.45, 7) is 0. The van der Waals surface area contributed by atoms with Crippen LogP contribution in [0.4, 0.5) is 10.1 Å². The molecule has 1 aromatic heterocycles. The Balaban J connectivity index is 1.80. The minimum Gasteiger partial charge on any atom is -0.325 e. The van der Waals surface area contributed by atoms with Crippen LogP contribution in [0.1, 0.15) is 0 Å². The molecule has 0 fully saturated rings. The average Bonchev–Trinajstić information content (AvgIpc) is 2.60. The van der Waals surface area contributed by atoms with E-state index in [1.165, 1.54) is 40.6 Å². The smallest absolute Gasteiger partial charge is 0.251 e. The third-order valence-electron chi connectivity index (χ3n) is 3.73. The van der Waals surface area contributed by atoms with Crippen LogP contribution in [0.25, 0.3) is 10.9 Å². The van der Waals surface area contributed by atoms with E-state index in [0.29, 0.717) is 15.6 Å². The van der Waals surface area contributed by atoms with Crippen molar-refractivity contribution < 1.29 is 9.18 Å². The molecule has 0 atom stereocenters. The second kappa shape index (κ2) is 7.70. The van der Waals surface area contributed by atoms with Gasteiger partial charge in [-0.15, -0.1) is 11.8 Å².